The van der Waals surface area contributed by atoms with E-state index in [2.05, 4.69) is 24.1 Å². The van der Waals surface area contributed by atoms with Crippen LogP contribution in [0.4, 0.5) is 0 Å². The third kappa shape index (κ3) is 5.10. The lowest BCUT2D eigenvalue weighted by Crippen LogP contribution is -2.47. The molecule has 0 unspecified atom stereocenters. The molecule has 29 heavy (non-hydrogen) atoms. The molecule has 2 fully saturated rings. The molecule has 2 amide bonds. The van der Waals surface area contributed by atoms with Crippen molar-refractivity contribution in [1.82, 2.24) is 15.1 Å². The van der Waals surface area contributed by atoms with Gasteiger partial charge in [0.15, 0.2) is 0 Å². The quantitative estimate of drug-likeness (QED) is 0.727. The van der Waals surface area contributed by atoms with Gasteiger partial charge in [0.25, 0.3) is 0 Å². The summed E-state index contributed by atoms with van der Waals surface area (Å²) >= 11 is 0. The van der Waals surface area contributed by atoms with Gasteiger partial charge in [-0.15, -0.1) is 0 Å². The molecular formula is C23H35N3O3. The van der Waals surface area contributed by atoms with Crippen LogP contribution in [-0.2, 0) is 9.59 Å². The minimum atomic E-state index is -0.336. The monoisotopic (exact) mass is 401 g/mol. The Labute approximate surface area is 174 Å². The van der Waals surface area contributed by atoms with Gasteiger partial charge in [-0.3, -0.25) is 9.59 Å². The Bertz CT molecular complexity index is 683. The Hall–Kier alpha value is -2.08. The van der Waals surface area contributed by atoms with E-state index >= 15 is 0 Å². The first-order valence-electron chi connectivity index (χ1n) is 11.0. The predicted molar refractivity (Wildman–Crippen MR) is 114 cm³/mol. The van der Waals surface area contributed by atoms with Crippen molar-refractivity contribution >= 4 is 11.8 Å². The molecule has 2 saturated heterocycles. The van der Waals surface area contributed by atoms with Gasteiger partial charge in [0, 0.05) is 32.1 Å². The van der Waals surface area contributed by atoms with Gasteiger partial charge < -0.3 is 19.9 Å². The average Bonchev–Trinajstić information content (AvgIpc) is 3.09. The maximum Gasteiger partial charge on any atom is 0.226 e. The first-order chi connectivity index (χ1) is 14.1. The van der Waals surface area contributed by atoms with Crippen molar-refractivity contribution in [1.29, 1.82) is 0 Å². The summed E-state index contributed by atoms with van der Waals surface area (Å²) in [6.45, 7) is 8.10. The molecule has 6 nitrogen and oxygen atoms in total. The van der Waals surface area contributed by atoms with E-state index in [1.165, 1.54) is 0 Å². The summed E-state index contributed by atoms with van der Waals surface area (Å²) in [6.07, 6.45) is 4.22. The lowest BCUT2D eigenvalue weighted by molar-refractivity contribution is -0.129. The number of piperidine rings is 1. The van der Waals surface area contributed by atoms with Crippen LogP contribution >= 0.6 is 0 Å². The maximum absolute atomic E-state index is 13.2. The van der Waals surface area contributed by atoms with E-state index in [4.69, 9.17) is 4.74 Å². The molecule has 0 spiro atoms. The Kier molecular flexibility index (Phi) is 7.53. The molecule has 0 saturated carbocycles. The van der Waals surface area contributed by atoms with Crippen molar-refractivity contribution in [2.24, 2.45) is 5.92 Å². The summed E-state index contributed by atoms with van der Waals surface area (Å²) in [5.41, 5.74) is 1.01. The Morgan fingerprint density at radius 2 is 1.86 bits per heavy atom. The Balaban J connectivity index is 1.75. The first kappa shape index (κ1) is 21.6. The number of carbonyl (C=O) groups excluding carboxylic acids is 2. The summed E-state index contributed by atoms with van der Waals surface area (Å²) in [7, 11) is 1.64. The lowest BCUT2D eigenvalue weighted by atomic mass is 9.91. The zero-order valence-electron chi connectivity index (χ0n) is 18.0. The zero-order chi connectivity index (χ0) is 20.8. The number of rotatable bonds is 8. The smallest absolute Gasteiger partial charge is 0.226 e. The number of hydrogen-bond donors (Lipinski definition) is 1. The third-order valence-corrected chi connectivity index (χ3v) is 6.36. The van der Waals surface area contributed by atoms with Crippen LogP contribution in [0.2, 0.25) is 0 Å². The summed E-state index contributed by atoms with van der Waals surface area (Å²) < 4.78 is 5.27. The minimum absolute atomic E-state index is 0.0214. The first-order valence-corrected chi connectivity index (χ1v) is 11.0. The highest BCUT2D eigenvalue weighted by Crippen LogP contribution is 2.39. The molecule has 2 aliphatic heterocycles. The number of amides is 2. The fourth-order valence-corrected chi connectivity index (χ4v) is 4.53. The number of benzene rings is 1. The highest BCUT2D eigenvalue weighted by molar-refractivity contribution is 5.90. The summed E-state index contributed by atoms with van der Waals surface area (Å²) in [5, 5.41) is 3.26. The minimum Gasteiger partial charge on any atom is -0.497 e. The second-order valence-corrected chi connectivity index (χ2v) is 8.19. The van der Waals surface area contributed by atoms with Crippen LogP contribution in [0, 0.1) is 5.92 Å². The van der Waals surface area contributed by atoms with Crippen LogP contribution in [0.25, 0.3) is 0 Å². The van der Waals surface area contributed by atoms with Crippen LogP contribution in [0.3, 0.4) is 0 Å². The lowest BCUT2D eigenvalue weighted by Gasteiger charge is -2.33. The molecule has 1 aromatic carbocycles. The van der Waals surface area contributed by atoms with Crippen LogP contribution in [0.5, 0.6) is 5.75 Å². The van der Waals surface area contributed by atoms with E-state index in [0.29, 0.717) is 13.0 Å². The van der Waals surface area contributed by atoms with E-state index in [0.717, 1.165) is 56.6 Å². The summed E-state index contributed by atoms with van der Waals surface area (Å²) in [6, 6.07) is 7.80. The molecular weight excluding hydrogens is 366 g/mol. The van der Waals surface area contributed by atoms with Crippen LogP contribution in [0.15, 0.2) is 24.3 Å². The predicted octanol–water partition coefficient (Wildman–Crippen LogP) is 2.99. The van der Waals surface area contributed by atoms with E-state index in [1.54, 1.807) is 7.11 Å². The van der Waals surface area contributed by atoms with Crippen molar-refractivity contribution in [2.75, 3.05) is 33.3 Å². The number of ether oxygens (including phenoxy) is 1. The van der Waals surface area contributed by atoms with Crippen LogP contribution < -0.4 is 10.1 Å². The van der Waals surface area contributed by atoms with E-state index in [9.17, 15) is 9.59 Å². The molecule has 160 valence electrons. The second kappa shape index (κ2) is 10.1. The highest BCUT2D eigenvalue weighted by Gasteiger charge is 2.44. The van der Waals surface area contributed by atoms with Crippen LogP contribution in [0.1, 0.15) is 57.6 Å². The molecule has 2 atom stereocenters. The molecule has 0 radical (unpaired) electrons. The van der Waals surface area contributed by atoms with Gasteiger partial charge in [-0.25, -0.2) is 0 Å². The zero-order valence-corrected chi connectivity index (χ0v) is 18.0. The number of likely N-dealkylation sites (tertiary alicyclic amines) is 2. The summed E-state index contributed by atoms with van der Waals surface area (Å²) in [5.74, 6) is 0.548. The number of carbonyl (C=O) groups is 2. The van der Waals surface area contributed by atoms with Crippen molar-refractivity contribution in [2.45, 2.75) is 58.0 Å². The fraction of sp³-hybridized carbons (Fsp3) is 0.652. The van der Waals surface area contributed by atoms with Crippen LogP contribution in [-0.4, -0.2) is 60.9 Å². The van der Waals surface area contributed by atoms with E-state index in [-0.39, 0.29) is 29.8 Å². The topological polar surface area (TPSA) is 61.9 Å². The number of nitrogens with zero attached hydrogens (tertiary/aromatic N) is 2. The molecule has 0 bridgehead atoms. The number of methoxy groups -OCH3 is 1. The Morgan fingerprint density at radius 3 is 2.45 bits per heavy atom. The van der Waals surface area contributed by atoms with Gasteiger partial charge in [-0.1, -0.05) is 32.4 Å². The van der Waals surface area contributed by atoms with Crippen molar-refractivity contribution in [3.8, 4) is 5.75 Å². The van der Waals surface area contributed by atoms with Crippen molar-refractivity contribution in [3.63, 3.8) is 0 Å². The average molecular weight is 402 g/mol. The summed E-state index contributed by atoms with van der Waals surface area (Å²) in [4.78, 5) is 30.3. The molecule has 6 heteroatoms. The number of nitrogens with one attached hydrogen (secondary N) is 1. The maximum atomic E-state index is 13.2. The largest absolute Gasteiger partial charge is 0.497 e. The van der Waals surface area contributed by atoms with Gasteiger partial charge in [-0.05, 0) is 43.5 Å². The molecule has 2 heterocycles. The van der Waals surface area contributed by atoms with Gasteiger partial charge in [0.2, 0.25) is 11.8 Å². The molecule has 1 aromatic rings. The molecule has 0 aromatic heterocycles. The SMILES string of the molecule is CCCCN1C(=O)C[C@@H](C(=O)NC2CCN(CC)CC2)[C@H]1c1ccc(OC)cc1. The normalized spacial score (nSPS) is 23.4. The highest BCUT2D eigenvalue weighted by atomic mass is 16.5. The van der Waals surface area contributed by atoms with Crippen molar-refractivity contribution in [3.05, 3.63) is 29.8 Å². The van der Waals surface area contributed by atoms with Gasteiger partial charge >= 0.3 is 0 Å². The fourth-order valence-electron chi connectivity index (χ4n) is 4.53. The number of unbranched alkanes of at least 4 members (excludes halogenated alkanes) is 1. The second-order valence-electron chi connectivity index (χ2n) is 8.19. The standard InChI is InChI=1S/C23H35N3O3/c1-4-6-13-26-21(27)16-20(22(26)17-7-9-19(29-3)10-8-17)23(28)24-18-11-14-25(5-2)15-12-18/h7-10,18,20,22H,4-6,11-16H2,1-3H3,(H,24,28)/t20-,22-/m1/s1. The third-order valence-electron chi connectivity index (χ3n) is 6.36. The number of hydrogen-bond acceptors (Lipinski definition) is 4. The van der Waals surface area contributed by atoms with Gasteiger partial charge in [0.05, 0.1) is 19.1 Å². The van der Waals surface area contributed by atoms with E-state index < -0.39 is 0 Å². The Morgan fingerprint density at radius 1 is 1.17 bits per heavy atom. The molecule has 3 rings (SSSR count). The molecule has 0 aliphatic carbocycles. The molecule has 2 aliphatic rings. The molecule has 1 N–H and O–H groups in total. The van der Waals surface area contributed by atoms with E-state index in [1.807, 2.05) is 29.2 Å². The van der Waals surface area contributed by atoms with Gasteiger partial charge in [-0.2, -0.15) is 0 Å². The van der Waals surface area contributed by atoms with Gasteiger partial charge in [0.1, 0.15) is 5.75 Å². The van der Waals surface area contributed by atoms with Crippen molar-refractivity contribution < 1.29 is 14.3 Å².